The monoisotopic (exact) mass is 262 g/mol. The lowest BCUT2D eigenvalue weighted by atomic mass is 10.2. The van der Waals surface area contributed by atoms with Gasteiger partial charge in [-0.2, -0.15) is 0 Å². The van der Waals surface area contributed by atoms with Crippen LogP contribution >= 0.6 is 0 Å². The van der Waals surface area contributed by atoms with Crippen LogP contribution in [0.2, 0.25) is 32.7 Å². The van der Waals surface area contributed by atoms with E-state index in [2.05, 4.69) is 44.2 Å². The molecule has 0 N–H and O–H groups in total. The van der Waals surface area contributed by atoms with Crippen molar-refractivity contribution in [3.05, 3.63) is 29.8 Å². The van der Waals surface area contributed by atoms with Crippen LogP contribution in [0, 0.1) is 11.5 Å². The van der Waals surface area contributed by atoms with Gasteiger partial charge in [-0.1, -0.05) is 38.7 Å². The van der Waals surface area contributed by atoms with Crippen LogP contribution < -0.4 is 4.74 Å². The zero-order valence-corrected chi connectivity index (χ0v) is 13.7. The van der Waals surface area contributed by atoms with E-state index in [9.17, 15) is 0 Å². The zero-order chi connectivity index (χ0) is 13.1. The summed E-state index contributed by atoms with van der Waals surface area (Å²) >= 11 is 0. The van der Waals surface area contributed by atoms with Gasteiger partial charge in [0, 0.05) is 5.56 Å². The number of rotatable bonds is 2. The molecule has 1 rings (SSSR count). The van der Waals surface area contributed by atoms with Crippen molar-refractivity contribution < 1.29 is 4.74 Å². The zero-order valence-electron chi connectivity index (χ0n) is 11.7. The van der Waals surface area contributed by atoms with E-state index in [0.29, 0.717) is 0 Å². The molecule has 0 unspecified atom stereocenters. The largest absolute Gasteiger partial charge is 0.497 e. The van der Waals surface area contributed by atoms with Crippen LogP contribution in [0.4, 0.5) is 0 Å². The summed E-state index contributed by atoms with van der Waals surface area (Å²) in [4.78, 5) is 0. The highest BCUT2D eigenvalue weighted by molar-refractivity contribution is 7.43. The standard InChI is InChI=1S/C14H22OSi2/c1-15-14-9-7-13(8-10-14)11-12-17(5,6)16(2,3)4/h7-10H,1-6H3. The second-order valence-electron chi connectivity index (χ2n) is 5.85. The van der Waals surface area contributed by atoms with Crippen molar-refractivity contribution >= 4 is 15.2 Å². The molecule has 0 aromatic heterocycles. The average molecular weight is 263 g/mol. The minimum atomic E-state index is -1.36. The first kappa shape index (κ1) is 14.1. The Bertz CT molecular complexity index is 430. The molecule has 1 aromatic rings. The number of hydrogen-bond donors (Lipinski definition) is 0. The number of ether oxygens (including phenoxy) is 1. The lowest BCUT2D eigenvalue weighted by Crippen LogP contribution is -2.51. The van der Waals surface area contributed by atoms with Crippen molar-refractivity contribution in [2.24, 2.45) is 0 Å². The minimum Gasteiger partial charge on any atom is -0.497 e. The summed E-state index contributed by atoms with van der Waals surface area (Å²) in [5, 5.41) is 0. The van der Waals surface area contributed by atoms with Gasteiger partial charge in [0.1, 0.15) is 13.3 Å². The lowest BCUT2D eigenvalue weighted by molar-refractivity contribution is 0.415. The third-order valence-electron chi connectivity index (χ3n) is 3.48. The van der Waals surface area contributed by atoms with Gasteiger partial charge in [-0.25, -0.2) is 0 Å². The maximum Gasteiger partial charge on any atom is 0.123 e. The van der Waals surface area contributed by atoms with Crippen molar-refractivity contribution in [3.63, 3.8) is 0 Å². The molecule has 0 radical (unpaired) electrons. The van der Waals surface area contributed by atoms with Crippen LogP contribution in [0.15, 0.2) is 24.3 Å². The first-order chi connectivity index (χ1) is 7.76. The van der Waals surface area contributed by atoms with Crippen LogP contribution in [-0.2, 0) is 0 Å². The Labute approximate surface area is 107 Å². The van der Waals surface area contributed by atoms with Crippen LogP contribution in [0.1, 0.15) is 5.56 Å². The van der Waals surface area contributed by atoms with Crippen LogP contribution in [0.25, 0.3) is 0 Å². The molecule has 0 bridgehead atoms. The summed E-state index contributed by atoms with van der Waals surface area (Å²) in [6.07, 6.45) is 0. The van der Waals surface area contributed by atoms with Crippen molar-refractivity contribution in [3.8, 4) is 17.2 Å². The first-order valence-corrected chi connectivity index (χ1v) is 13.4. The fourth-order valence-electron chi connectivity index (χ4n) is 1.09. The summed E-state index contributed by atoms with van der Waals surface area (Å²) in [5.74, 6) is 4.22. The Balaban J connectivity index is 2.91. The van der Waals surface area contributed by atoms with Gasteiger partial charge in [0.25, 0.3) is 0 Å². The van der Waals surface area contributed by atoms with Gasteiger partial charge in [-0.05, 0) is 24.3 Å². The Morgan fingerprint density at radius 1 is 0.941 bits per heavy atom. The molecule has 0 saturated heterocycles. The summed E-state index contributed by atoms with van der Waals surface area (Å²) < 4.78 is 5.14. The number of hydrogen-bond acceptors (Lipinski definition) is 1. The van der Waals surface area contributed by atoms with E-state index in [1.54, 1.807) is 7.11 Å². The van der Waals surface area contributed by atoms with E-state index >= 15 is 0 Å². The molecule has 0 saturated carbocycles. The van der Waals surface area contributed by atoms with Crippen LogP contribution in [0.5, 0.6) is 5.75 Å². The van der Waals surface area contributed by atoms with Gasteiger partial charge in [0.2, 0.25) is 0 Å². The van der Waals surface area contributed by atoms with Gasteiger partial charge in [0.05, 0.1) is 14.7 Å². The fourth-order valence-corrected chi connectivity index (χ4v) is 3.23. The van der Waals surface area contributed by atoms with E-state index in [1.807, 2.05) is 24.3 Å². The van der Waals surface area contributed by atoms with Gasteiger partial charge in [-0.3, -0.25) is 0 Å². The highest BCUT2D eigenvalue weighted by Gasteiger charge is 2.35. The Hall–Kier alpha value is -0.986. The second-order valence-corrected chi connectivity index (χ2v) is 22.1. The quantitative estimate of drug-likeness (QED) is 0.583. The summed E-state index contributed by atoms with van der Waals surface area (Å²) in [6, 6.07) is 7.99. The molecule has 0 aliphatic rings. The summed E-state index contributed by atoms with van der Waals surface area (Å²) in [6.45, 7) is 12.0. The lowest BCUT2D eigenvalue weighted by Gasteiger charge is -2.29. The third-order valence-corrected chi connectivity index (χ3v) is 19.6. The molecule has 1 aromatic carbocycles. The van der Waals surface area contributed by atoms with E-state index in [0.717, 1.165) is 11.3 Å². The molecular formula is C14H22OSi2. The molecule has 1 nitrogen and oxygen atoms in total. The average Bonchev–Trinajstić information content (AvgIpc) is 2.25. The van der Waals surface area contributed by atoms with Gasteiger partial charge < -0.3 is 4.74 Å². The molecule has 0 amide bonds. The molecule has 0 fully saturated rings. The normalized spacial score (nSPS) is 11.6. The molecule has 0 spiro atoms. The minimum absolute atomic E-state index is 0.886. The van der Waals surface area contributed by atoms with Crippen LogP contribution in [0.3, 0.4) is 0 Å². The number of benzene rings is 1. The Morgan fingerprint density at radius 3 is 1.88 bits per heavy atom. The van der Waals surface area contributed by atoms with Crippen molar-refractivity contribution in [1.82, 2.24) is 0 Å². The van der Waals surface area contributed by atoms with Gasteiger partial charge >= 0.3 is 0 Å². The summed E-state index contributed by atoms with van der Waals surface area (Å²) in [7, 11) is -0.797. The van der Waals surface area contributed by atoms with E-state index in [1.165, 1.54) is 0 Å². The van der Waals surface area contributed by atoms with Crippen molar-refractivity contribution in [2.75, 3.05) is 7.11 Å². The van der Waals surface area contributed by atoms with E-state index in [4.69, 9.17) is 4.74 Å². The molecule has 0 heterocycles. The van der Waals surface area contributed by atoms with E-state index < -0.39 is 15.2 Å². The molecule has 3 heteroatoms. The predicted octanol–water partition coefficient (Wildman–Crippen LogP) is 3.71. The Kier molecular flexibility index (Phi) is 4.23. The van der Waals surface area contributed by atoms with Crippen LogP contribution in [-0.4, -0.2) is 22.3 Å². The molecule has 92 valence electrons. The van der Waals surface area contributed by atoms with Gasteiger partial charge in [0.15, 0.2) is 0 Å². The predicted molar refractivity (Wildman–Crippen MR) is 80.7 cm³/mol. The van der Waals surface area contributed by atoms with Crippen molar-refractivity contribution in [1.29, 1.82) is 0 Å². The topological polar surface area (TPSA) is 9.23 Å². The molecule has 17 heavy (non-hydrogen) atoms. The van der Waals surface area contributed by atoms with Gasteiger partial charge in [-0.15, -0.1) is 5.54 Å². The Morgan fingerprint density at radius 2 is 1.47 bits per heavy atom. The maximum atomic E-state index is 5.14. The SMILES string of the molecule is COc1ccc(C#C[Si](C)(C)[Si](C)(C)C)cc1. The third kappa shape index (κ3) is 3.76. The molecule has 0 atom stereocenters. The molecule has 0 aliphatic heterocycles. The van der Waals surface area contributed by atoms with E-state index in [-0.39, 0.29) is 0 Å². The summed E-state index contributed by atoms with van der Waals surface area (Å²) in [5.41, 5.74) is 4.65. The first-order valence-electron chi connectivity index (χ1n) is 5.93. The smallest absolute Gasteiger partial charge is 0.123 e. The highest BCUT2D eigenvalue weighted by Crippen LogP contribution is 2.18. The molecular weight excluding hydrogens is 240 g/mol. The fraction of sp³-hybridized carbons (Fsp3) is 0.429. The number of methoxy groups -OCH3 is 1. The second kappa shape index (κ2) is 5.11. The van der Waals surface area contributed by atoms with Crippen molar-refractivity contribution in [2.45, 2.75) is 32.7 Å². The highest BCUT2D eigenvalue weighted by atomic mass is 29.3. The molecule has 0 aliphatic carbocycles. The maximum absolute atomic E-state index is 5.14.